The van der Waals surface area contributed by atoms with Crippen LogP contribution < -0.4 is 0 Å². The molecule has 0 aliphatic rings. The maximum absolute atomic E-state index is 2.46. The first-order chi connectivity index (χ1) is 8.83. The molecule has 22 heavy (non-hydrogen) atoms. The molecule has 0 aliphatic heterocycles. The summed E-state index contributed by atoms with van der Waals surface area (Å²) in [5.41, 5.74) is 1.90. The first kappa shape index (κ1) is 25.7. The van der Waals surface area contributed by atoms with E-state index in [0.29, 0.717) is 21.7 Å². The third-order valence-electron chi connectivity index (χ3n) is 3.62. The molecule has 0 aliphatic carbocycles. The second-order valence-electron chi connectivity index (χ2n) is 12.4. The molecule has 0 bridgehead atoms. The minimum atomic E-state index is -1.96. The Morgan fingerprint density at radius 3 is 0.636 bits per heavy atom. The zero-order chi connectivity index (χ0) is 17.3. The third kappa shape index (κ3) is 13.8. The van der Waals surface area contributed by atoms with E-state index in [1.54, 1.807) is 0 Å². The van der Waals surface area contributed by atoms with E-state index in [9.17, 15) is 0 Å². The molecule has 0 atom stereocenters. The molecule has 0 aromatic heterocycles. The largest absolute Gasteiger partial charge is 0 e. The van der Waals surface area contributed by atoms with Crippen molar-refractivity contribution >= 4 is 0 Å². The molecule has 0 rings (SSSR count). The Balaban J connectivity index is 0. The summed E-state index contributed by atoms with van der Waals surface area (Å²) in [6, 6.07) is 0. The molecule has 0 nitrogen and oxygen atoms in total. The van der Waals surface area contributed by atoms with Crippen molar-refractivity contribution in [3.05, 3.63) is 0 Å². The van der Waals surface area contributed by atoms with Crippen LogP contribution in [0.5, 0.6) is 0 Å². The molecular formula is C20H44Ti2. The Morgan fingerprint density at radius 1 is 0.409 bits per heavy atom. The van der Waals surface area contributed by atoms with Gasteiger partial charge in [0.15, 0.2) is 0 Å². The van der Waals surface area contributed by atoms with Gasteiger partial charge in [0.05, 0.1) is 0 Å². The fourth-order valence-corrected chi connectivity index (χ4v) is 20.1. The van der Waals surface area contributed by atoms with Crippen molar-refractivity contribution in [3.8, 4) is 0 Å². The maximum atomic E-state index is 2.46. The predicted molar refractivity (Wildman–Crippen MR) is 97.0 cm³/mol. The van der Waals surface area contributed by atoms with E-state index >= 15 is 0 Å². The van der Waals surface area contributed by atoms with Crippen LogP contribution in [0.3, 0.4) is 0 Å². The van der Waals surface area contributed by atoms with Crippen LogP contribution in [0, 0.1) is 21.7 Å². The van der Waals surface area contributed by atoms with Gasteiger partial charge < -0.3 is 0 Å². The van der Waals surface area contributed by atoms with Crippen molar-refractivity contribution in [1.82, 2.24) is 0 Å². The van der Waals surface area contributed by atoms with Crippen LogP contribution in [0.2, 0.25) is 18.9 Å². The molecule has 0 fully saturated rings. The van der Waals surface area contributed by atoms with E-state index in [2.05, 4.69) is 83.1 Å². The average Bonchev–Trinajstić information content (AvgIpc) is 1.83. The van der Waals surface area contributed by atoms with Crippen molar-refractivity contribution in [3.63, 3.8) is 0 Å². The van der Waals surface area contributed by atoms with E-state index in [-0.39, 0.29) is 21.7 Å². The molecule has 0 amide bonds. The molecule has 0 spiro atoms. The normalized spacial score (nSPS) is 14.7. The van der Waals surface area contributed by atoms with E-state index in [1.807, 2.05) is 0 Å². The number of hydrogen-bond donors (Lipinski definition) is 0. The zero-order valence-corrected chi connectivity index (χ0v) is 21.0. The van der Waals surface area contributed by atoms with E-state index in [1.165, 1.54) is 18.9 Å². The van der Waals surface area contributed by atoms with Gasteiger partial charge in [0, 0.05) is 21.7 Å². The van der Waals surface area contributed by atoms with Gasteiger partial charge in [0.25, 0.3) is 0 Å². The third-order valence-corrected chi connectivity index (χ3v) is 14.9. The summed E-state index contributed by atoms with van der Waals surface area (Å²) in [5.74, 6) is 0. The van der Waals surface area contributed by atoms with Crippen LogP contribution in [0.25, 0.3) is 0 Å². The Hall–Kier alpha value is 1.43. The van der Waals surface area contributed by atoms with Crippen molar-refractivity contribution in [1.29, 1.82) is 0 Å². The number of hydrogen-bond acceptors (Lipinski definition) is 0. The van der Waals surface area contributed by atoms with E-state index < -0.39 is 16.6 Å². The first-order valence-corrected chi connectivity index (χ1v) is 13.2. The summed E-state index contributed by atoms with van der Waals surface area (Å²) in [4.78, 5) is 0. The Morgan fingerprint density at radius 2 is 0.545 bits per heavy atom. The molecule has 0 radical (unpaired) electrons. The molecule has 0 heterocycles. The predicted octanol–water partition coefficient (Wildman–Crippen LogP) is 8.00. The van der Waals surface area contributed by atoms with Crippen LogP contribution in [0.4, 0.5) is 0 Å². The fraction of sp³-hybridized carbons (Fsp3) is 1.00. The average molecular weight is 380 g/mol. The Kier molecular flexibility index (Phi) is 9.57. The van der Waals surface area contributed by atoms with Crippen LogP contribution in [-0.2, 0) is 38.3 Å². The Bertz CT molecular complexity index is 246. The molecule has 0 aromatic carbocycles. The number of rotatable bonds is 4. The van der Waals surface area contributed by atoms with Crippen LogP contribution in [0.1, 0.15) is 83.1 Å². The standard InChI is InChI=1S/4C5H11.2Ti/c4*1-5(2,3)4;;/h4*1H2,2-4H3;;. The van der Waals surface area contributed by atoms with Crippen LogP contribution >= 0.6 is 0 Å². The zero-order valence-electron chi connectivity index (χ0n) is 17.8. The summed E-state index contributed by atoms with van der Waals surface area (Å²) in [5, 5.41) is 0. The summed E-state index contributed by atoms with van der Waals surface area (Å²) in [6.45, 7) is 29.5. The molecule has 132 valence electrons. The van der Waals surface area contributed by atoms with Crippen molar-refractivity contribution in [2.75, 3.05) is 0 Å². The first-order valence-electron chi connectivity index (χ1n) is 8.83. The molecule has 0 saturated carbocycles. The van der Waals surface area contributed by atoms with Crippen molar-refractivity contribution in [2.45, 2.75) is 102 Å². The monoisotopic (exact) mass is 380 g/mol. The SMILES string of the molecule is CC(C)(C)[CH2][Ti]([CH2]C(C)(C)C)([CH2]C(C)(C)C)[CH2]C(C)(C)C.[Ti]. The van der Waals surface area contributed by atoms with E-state index in [0.717, 1.165) is 0 Å². The minimum absolute atomic E-state index is 0. The van der Waals surface area contributed by atoms with Gasteiger partial charge in [0.1, 0.15) is 0 Å². The van der Waals surface area contributed by atoms with Gasteiger partial charge in [-0.05, 0) is 0 Å². The summed E-state index contributed by atoms with van der Waals surface area (Å²) in [7, 11) is 0. The second-order valence-corrected chi connectivity index (χ2v) is 19.3. The molecule has 0 saturated heterocycles. The summed E-state index contributed by atoms with van der Waals surface area (Å²) < 4.78 is 6.05. The molecule has 2 heteroatoms. The molecule has 0 unspecified atom stereocenters. The maximum Gasteiger partial charge on any atom is 0 e. The van der Waals surface area contributed by atoms with Gasteiger partial charge in [-0.1, -0.05) is 0 Å². The Labute approximate surface area is 161 Å². The molecule has 0 aromatic rings. The van der Waals surface area contributed by atoms with Gasteiger partial charge in [0.2, 0.25) is 0 Å². The van der Waals surface area contributed by atoms with Crippen molar-refractivity contribution < 1.29 is 38.3 Å². The smallest absolute Gasteiger partial charge is 0 e. The van der Waals surface area contributed by atoms with Gasteiger partial charge in [-0.25, -0.2) is 0 Å². The van der Waals surface area contributed by atoms with Crippen molar-refractivity contribution in [2.24, 2.45) is 21.7 Å². The summed E-state index contributed by atoms with van der Waals surface area (Å²) >= 11 is -1.96. The van der Waals surface area contributed by atoms with Gasteiger partial charge in [-0.15, -0.1) is 0 Å². The minimum Gasteiger partial charge on any atom is 0 e. The van der Waals surface area contributed by atoms with E-state index in [4.69, 9.17) is 0 Å². The summed E-state index contributed by atoms with van der Waals surface area (Å²) in [6.07, 6.45) is 0. The molecule has 0 N–H and O–H groups in total. The van der Waals surface area contributed by atoms with Crippen LogP contribution in [0.15, 0.2) is 0 Å². The van der Waals surface area contributed by atoms with Crippen LogP contribution in [-0.4, -0.2) is 0 Å². The quantitative estimate of drug-likeness (QED) is 0.434. The van der Waals surface area contributed by atoms with Gasteiger partial charge in [-0.3, -0.25) is 0 Å². The van der Waals surface area contributed by atoms with Gasteiger partial charge in [-0.2, -0.15) is 0 Å². The topological polar surface area (TPSA) is 0 Å². The molecular weight excluding hydrogens is 336 g/mol. The second kappa shape index (κ2) is 8.21. The van der Waals surface area contributed by atoms with Gasteiger partial charge >= 0.3 is 140 Å². The fourth-order valence-electron chi connectivity index (χ4n) is 4.87.